The number of ether oxygens (including phenoxy) is 1. The highest BCUT2D eigenvalue weighted by Gasteiger charge is 2.24. The van der Waals surface area contributed by atoms with Crippen molar-refractivity contribution in [2.45, 2.75) is 12.5 Å². The Bertz CT molecular complexity index is 415. The Labute approximate surface area is 94.4 Å². The zero-order chi connectivity index (χ0) is 11.7. The van der Waals surface area contributed by atoms with Crippen LogP contribution in [0.1, 0.15) is 17.2 Å². The van der Waals surface area contributed by atoms with E-state index in [0.29, 0.717) is 6.61 Å². The van der Waals surface area contributed by atoms with Crippen molar-refractivity contribution in [3.63, 3.8) is 0 Å². The molecule has 0 saturated heterocycles. The van der Waals surface area contributed by atoms with Gasteiger partial charge in [0.15, 0.2) is 0 Å². The second kappa shape index (κ2) is 4.14. The molecule has 1 N–H and O–H groups in total. The summed E-state index contributed by atoms with van der Waals surface area (Å²) in [6, 6.07) is 5.02. The van der Waals surface area contributed by atoms with Crippen molar-refractivity contribution in [3.05, 3.63) is 29.3 Å². The molecule has 1 heterocycles. The highest BCUT2D eigenvalue weighted by Crippen LogP contribution is 2.29. The van der Waals surface area contributed by atoms with Gasteiger partial charge in [0, 0.05) is 6.42 Å². The molecule has 0 fully saturated rings. The van der Waals surface area contributed by atoms with Gasteiger partial charge in [0.1, 0.15) is 11.8 Å². The summed E-state index contributed by atoms with van der Waals surface area (Å²) in [6.45, 7) is 0.693. The molecule has 1 aliphatic heterocycles. The molecule has 0 amide bonds. The summed E-state index contributed by atoms with van der Waals surface area (Å²) in [5, 5.41) is 9.17. The van der Waals surface area contributed by atoms with Crippen LogP contribution in [0.5, 0.6) is 5.75 Å². The van der Waals surface area contributed by atoms with Crippen LogP contribution in [-0.4, -0.2) is 36.7 Å². The molecule has 0 bridgehead atoms. The number of carbonyl (C=O) groups is 1. The molecule has 0 saturated carbocycles. The highest BCUT2D eigenvalue weighted by atomic mass is 16.5. The van der Waals surface area contributed by atoms with Crippen LogP contribution in [0.3, 0.4) is 0 Å². The molecular weight excluding hydrogens is 206 g/mol. The van der Waals surface area contributed by atoms with Crippen molar-refractivity contribution in [2.75, 3.05) is 20.7 Å². The van der Waals surface area contributed by atoms with Gasteiger partial charge in [-0.3, -0.25) is 9.69 Å². The van der Waals surface area contributed by atoms with Crippen molar-refractivity contribution in [2.24, 2.45) is 0 Å². The molecule has 2 rings (SSSR count). The van der Waals surface area contributed by atoms with Crippen LogP contribution in [0.15, 0.2) is 18.2 Å². The van der Waals surface area contributed by atoms with E-state index in [0.717, 1.165) is 23.3 Å². The van der Waals surface area contributed by atoms with E-state index in [2.05, 4.69) is 0 Å². The van der Waals surface area contributed by atoms with Crippen LogP contribution < -0.4 is 4.74 Å². The summed E-state index contributed by atoms with van der Waals surface area (Å²) in [4.78, 5) is 12.9. The van der Waals surface area contributed by atoms with Gasteiger partial charge in [0.05, 0.1) is 6.61 Å². The van der Waals surface area contributed by atoms with Gasteiger partial charge in [0.25, 0.3) is 0 Å². The van der Waals surface area contributed by atoms with Crippen molar-refractivity contribution in [1.29, 1.82) is 0 Å². The number of rotatable bonds is 3. The van der Waals surface area contributed by atoms with E-state index in [-0.39, 0.29) is 0 Å². The Morgan fingerprint density at radius 2 is 2.25 bits per heavy atom. The summed E-state index contributed by atoms with van der Waals surface area (Å²) < 4.78 is 5.39. The fourth-order valence-electron chi connectivity index (χ4n) is 2.04. The molecular formula is C12H15NO3. The van der Waals surface area contributed by atoms with Crippen molar-refractivity contribution in [3.8, 4) is 5.75 Å². The summed E-state index contributed by atoms with van der Waals surface area (Å²) in [6.07, 6.45) is 0.864. The topological polar surface area (TPSA) is 49.8 Å². The molecule has 86 valence electrons. The third-order valence-electron chi connectivity index (χ3n) is 2.78. The molecule has 1 atom stereocenters. The van der Waals surface area contributed by atoms with Gasteiger partial charge < -0.3 is 9.84 Å². The lowest BCUT2D eigenvalue weighted by Crippen LogP contribution is -2.27. The minimum atomic E-state index is -0.830. The van der Waals surface area contributed by atoms with Gasteiger partial charge in [-0.15, -0.1) is 0 Å². The minimum Gasteiger partial charge on any atom is -0.493 e. The summed E-state index contributed by atoms with van der Waals surface area (Å²) in [5.41, 5.74) is 1.91. The maximum absolute atomic E-state index is 11.2. The molecule has 0 aromatic heterocycles. The maximum Gasteiger partial charge on any atom is 0.325 e. The Morgan fingerprint density at radius 3 is 2.88 bits per heavy atom. The average molecular weight is 221 g/mol. The standard InChI is InChI=1S/C12H15NO3/c1-13(2)11(12(14)15)9-3-4-10-8(7-9)5-6-16-10/h3-4,7,11H,5-6H2,1-2H3,(H,14,15). The van der Waals surface area contributed by atoms with Gasteiger partial charge in [-0.1, -0.05) is 6.07 Å². The average Bonchev–Trinajstić information content (AvgIpc) is 2.63. The zero-order valence-corrected chi connectivity index (χ0v) is 9.43. The highest BCUT2D eigenvalue weighted by molar-refractivity contribution is 5.75. The monoisotopic (exact) mass is 221 g/mol. The fraction of sp³-hybridized carbons (Fsp3) is 0.417. The van der Waals surface area contributed by atoms with E-state index >= 15 is 0 Å². The number of hydrogen-bond donors (Lipinski definition) is 1. The van der Waals surface area contributed by atoms with Crippen LogP contribution in [0.4, 0.5) is 0 Å². The first-order chi connectivity index (χ1) is 7.59. The van der Waals surface area contributed by atoms with E-state index in [1.807, 2.05) is 18.2 Å². The van der Waals surface area contributed by atoms with E-state index in [1.54, 1.807) is 19.0 Å². The fourth-order valence-corrected chi connectivity index (χ4v) is 2.04. The van der Waals surface area contributed by atoms with E-state index in [9.17, 15) is 9.90 Å². The van der Waals surface area contributed by atoms with Crippen LogP contribution in [-0.2, 0) is 11.2 Å². The number of hydrogen-bond acceptors (Lipinski definition) is 3. The minimum absolute atomic E-state index is 0.592. The summed E-state index contributed by atoms with van der Waals surface area (Å²) >= 11 is 0. The van der Waals surface area contributed by atoms with Gasteiger partial charge >= 0.3 is 5.97 Å². The number of likely N-dealkylation sites (N-methyl/N-ethyl adjacent to an activating group) is 1. The van der Waals surface area contributed by atoms with Crippen LogP contribution in [0.25, 0.3) is 0 Å². The third-order valence-corrected chi connectivity index (χ3v) is 2.78. The first-order valence-corrected chi connectivity index (χ1v) is 5.24. The SMILES string of the molecule is CN(C)C(C(=O)O)c1ccc2c(c1)CCO2. The summed E-state index contributed by atoms with van der Waals surface area (Å²) in [5.74, 6) is 0.0514. The number of benzene rings is 1. The Hall–Kier alpha value is -1.55. The molecule has 0 aliphatic carbocycles. The second-order valence-electron chi connectivity index (χ2n) is 4.17. The smallest absolute Gasteiger partial charge is 0.325 e. The van der Waals surface area contributed by atoms with Gasteiger partial charge in [-0.25, -0.2) is 0 Å². The number of carboxylic acids is 1. The third kappa shape index (κ3) is 1.88. The van der Waals surface area contributed by atoms with Crippen molar-refractivity contribution >= 4 is 5.97 Å². The largest absolute Gasteiger partial charge is 0.493 e. The lowest BCUT2D eigenvalue weighted by atomic mass is 10.0. The Kier molecular flexibility index (Phi) is 2.83. The van der Waals surface area contributed by atoms with E-state index < -0.39 is 12.0 Å². The zero-order valence-electron chi connectivity index (χ0n) is 9.43. The van der Waals surface area contributed by atoms with Gasteiger partial charge in [0.2, 0.25) is 0 Å². The number of carboxylic acid groups (broad SMARTS) is 1. The van der Waals surface area contributed by atoms with Crippen LogP contribution in [0, 0.1) is 0 Å². The van der Waals surface area contributed by atoms with E-state index in [1.165, 1.54) is 0 Å². The van der Waals surface area contributed by atoms with E-state index in [4.69, 9.17) is 4.74 Å². The van der Waals surface area contributed by atoms with Gasteiger partial charge in [-0.05, 0) is 37.4 Å². The molecule has 1 unspecified atom stereocenters. The van der Waals surface area contributed by atoms with Crippen LogP contribution in [0.2, 0.25) is 0 Å². The lowest BCUT2D eigenvalue weighted by Gasteiger charge is -2.20. The molecule has 1 aromatic carbocycles. The Morgan fingerprint density at radius 1 is 1.50 bits per heavy atom. The molecule has 4 nitrogen and oxygen atoms in total. The second-order valence-corrected chi connectivity index (χ2v) is 4.17. The summed E-state index contributed by atoms with van der Waals surface area (Å²) in [7, 11) is 3.53. The normalized spacial score (nSPS) is 15.7. The molecule has 1 aliphatic rings. The van der Waals surface area contributed by atoms with Gasteiger partial charge in [-0.2, -0.15) is 0 Å². The van der Waals surface area contributed by atoms with Crippen molar-refractivity contribution in [1.82, 2.24) is 4.90 Å². The Balaban J connectivity index is 2.35. The van der Waals surface area contributed by atoms with Crippen molar-refractivity contribution < 1.29 is 14.6 Å². The lowest BCUT2D eigenvalue weighted by molar-refractivity contribution is -0.142. The molecule has 16 heavy (non-hydrogen) atoms. The first kappa shape index (κ1) is 11.0. The molecule has 0 radical (unpaired) electrons. The number of fused-ring (bicyclic) bond motifs is 1. The molecule has 0 spiro atoms. The number of nitrogens with zero attached hydrogens (tertiary/aromatic N) is 1. The molecule has 4 heteroatoms. The molecule has 1 aromatic rings. The maximum atomic E-state index is 11.2. The number of aliphatic carboxylic acids is 1. The predicted octanol–water partition coefficient (Wildman–Crippen LogP) is 1.31. The predicted molar refractivity (Wildman–Crippen MR) is 59.7 cm³/mol. The van der Waals surface area contributed by atoms with Crippen LogP contribution >= 0.6 is 0 Å². The first-order valence-electron chi connectivity index (χ1n) is 5.24. The quantitative estimate of drug-likeness (QED) is 0.836.